The van der Waals surface area contributed by atoms with Crippen LogP contribution >= 0.6 is 0 Å². The minimum absolute atomic E-state index is 0.207. The lowest BCUT2D eigenvalue weighted by Gasteiger charge is -2.28. The Kier molecular flexibility index (Phi) is 3.87. The largest absolute Gasteiger partial charge is 0.480 e. The number of para-hydroxylation sites is 1. The van der Waals surface area contributed by atoms with Crippen molar-refractivity contribution in [3.05, 3.63) is 29.8 Å². The summed E-state index contributed by atoms with van der Waals surface area (Å²) < 4.78 is 0. The van der Waals surface area contributed by atoms with E-state index >= 15 is 0 Å². The molecule has 1 aromatic carbocycles. The molecule has 3 N–H and O–H groups in total. The van der Waals surface area contributed by atoms with Crippen molar-refractivity contribution in [1.82, 2.24) is 4.90 Å². The van der Waals surface area contributed by atoms with Gasteiger partial charge in [0.25, 0.3) is 0 Å². The average Bonchev–Trinajstić information content (AvgIpc) is 2.81. The Morgan fingerprint density at radius 2 is 2.28 bits per heavy atom. The van der Waals surface area contributed by atoms with Gasteiger partial charge in [0.2, 0.25) is 0 Å². The SMILES string of the molecule is CC(Cc1ccccc1N)N1CCCC1C(=O)O. The van der Waals surface area contributed by atoms with Crippen molar-refractivity contribution in [1.29, 1.82) is 0 Å². The van der Waals surface area contributed by atoms with E-state index in [4.69, 9.17) is 5.73 Å². The Labute approximate surface area is 107 Å². The maximum absolute atomic E-state index is 11.2. The minimum Gasteiger partial charge on any atom is -0.480 e. The summed E-state index contributed by atoms with van der Waals surface area (Å²) in [4.78, 5) is 13.2. The number of nitrogen functional groups attached to an aromatic ring is 1. The van der Waals surface area contributed by atoms with E-state index in [0.29, 0.717) is 0 Å². The predicted octanol–water partition coefficient (Wildman–Crippen LogP) is 1.75. The monoisotopic (exact) mass is 248 g/mol. The van der Waals surface area contributed by atoms with Crippen molar-refractivity contribution in [2.45, 2.75) is 38.3 Å². The first-order valence-corrected chi connectivity index (χ1v) is 6.41. The van der Waals surface area contributed by atoms with Crippen LogP contribution in [0.1, 0.15) is 25.3 Å². The maximum Gasteiger partial charge on any atom is 0.320 e. The molecule has 18 heavy (non-hydrogen) atoms. The number of likely N-dealkylation sites (tertiary alicyclic amines) is 1. The fourth-order valence-corrected chi connectivity index (χ4v) is 2.74. The highest BCUT2D eigenvalue weighted by atomic mass is 16.4. The predicted molar refractivity (Wildman–Crippen MR) is 71.4 cm³/mol. The van der Waals surface area contributed by atoms with Crippen LogP contribution in [-0.2, 0) is 11.2 Å². The molecule has 1 saturated heterocycles. The zero-order valence-electron chi connectivity index (χ0n) is 10.7. The number of hydrogen-bond donors (Lipinski definition) is 2. The first-order valence-electron chi connectivity index (χ1n) is 6.41. The van der Waals surface area contributed by atoms with Crippen LogP contribution in [0.3, 0.4) is 0 Å². The number of nitrogens with two attached hydrogens (primary N) is 1. The van der Waals surface area contributed by atoms with E-state index in [1.807, 2.05) is 24.3 Å². The molecule has 0 radical (unpaired) electrons. The van der Waals surface area contributed by atoms with Gasteiger partial charge in [0.1, 0.15) is 6.04 Å². The summed E-state index contributed by atoms with van der Waals surface area (Å²) >= 11 is 0. The Bertz CT molecular complexity index is 434. The summed E-state index contributed by atoms with van der Waals surface area (Å²) in [6.45, 7) is 2.94. The second-order valence-corrected chi connectivity index (χ2v) is 4.99. The first-order chi connectivity index (χ1) is 8.59. The Morgan fingerprint density at radius 3 is 2.94 bits per heavy atom. The lowest BCUT2D eigenvalue weighted by molar-refractivity contribution is -0.142. The highest BCUT2D eigenvalue weighted by molar-refractivity contribution is 5.73. The Balaban J connectivity index is 2.06. The van der Waals surface area contributed by atoms with Crippen LogP contribution in [0.4, 0.5) is 5.69 Å². The molecule has 1 aliphatic rings. The smallest absolute Gasteiger partial charge is 0.320 e. The lowest BCUT2D eigenvalue weighted by Crippen LogP contribution is -2.42. The summed E-state index contributed by atoms with van der Waals surface area (Å²) in [6.07, 6.45) is 2.52. The number of aliphatic carboxylic acids is 1. The number of carbonyl (C=O) groups is 1. The fraction of sp³-hybridized carbons (Fsp3) is 0.500. The first kappa shape index (κ1) is 12.9. The van der Waals surface area contributed by atoms with Crippen molar-refractivity contribution in [3.8, 4) is 0 Å². The molecule has 2 rings (SSSR count). The summed E-state index contributed by atoms with van der Waals surface area (Å²) in [6, 6.07) is 7.66. The van der Waals surface area contributed by atoms with Crippen LogP contribution < -0.4 is 5.73 Å². The number of carboxylic acid groups (broad SMARTS) is 1. The molecule has 4 heteroatoms. The molecule has 0 aliphatic carbocycles. The minimum atomic E-state index is -0.708. The number of anilines is 1. The molecule has 4 nitrogen and oxygen atoms in total. The van der Waals surface area contributed by atoms with Crippen LogP contribution in [0.15, 0.2) is 24.3 Å². The van der Waals surface area contributed by atoms with Crippen LogP contribution in [0.25, 0.3) is 0 Å². The van der Waals surface area contributed by atoms with Gasteiger partial charge < -0.3 is 10.8 Å². The summed E-state index contributed by atoms with van der Waals surface area (Å²) in [5.41, 5.74) is 7.81. The highest BCUT2D eigenvalue weighted by Gasteiger charge is 2.33. The highest BCUT2D eigenvalue weighted by Crippen LogP contribution is 2.23. The van der Waals surface area contributed by atoms with Crippen LogP contribution in [0, 0.1) is 0 Å². The molecule has 1 heterocycles. The van der Waals surface area contributed by atoms with Crippen molar-refractivity contribution in [2.75, 3.05) is 12.3 Å². The molecule has 2 unspecified atom stereocenters. The normalized spacial score (nSPS) is 21.9. The third kappa shape index (κ3) is 2.64. The second-order valence-electron chi connectivity index (χ2n) is 4.99. The van der Waals surface area contributed by atoms with Crippen molar-refractivity contribution < 1.29 is 9.90 Å². The van der Waals surface area contributed by atoms with E-state index in [2.05, 4.69) is 11.8 Å². The average molecular weight is 248 g/mol. The van der Waals surface area contributed by atoms with Crippen molar-refractivity contribution in [2.24, 2.45) is 0 Å². The maximum atomic E-state index is 11.2. The van der Waals surface area contributed by atoms with Gasteiger partial charge in [0.05, 0.1) is 0 Å². The molecule has 2 atom stereocenters. The summed E-state index contributed by atoms with van der Waals surface area (Å²) in [5, 5.41) is 9.19. The van der Waals surface area contributed by atoms with Crippen molar-refractivity contribution >= 4 is 11.7 Å². The third-order valence-corrected chi connectivity index (χ3v) is 3.72. The van der Waals surface area contributed by atoms with Gasteiger partial charge in [0.15, 0.2) is 0 Å². The number of hydrogen-bond acceptors (Lipinski definition) is 3. The molecule has 0 spiro atoms. The quantitative estimate of drug-likeness (QED) is 0.797. The van der Waals surface area contributed by atoms with Crippen molar-refractivity contribution in [3.63, 3.8) is 0 Å². The summed E-state index contributed by atoms with van der Waals surface area (Å²) in [7, 11) is 0. The number of benzene rings is 1. The standard InChI is InChI=1S/C14H20N2O2/c1-10(9-11-5-2-3-6-12(11)15)16-8-4-7-13(16)14(17)18/h2-3,5-6,10,13H,4,7-9,15H2,1H3,(H,17,18). The number of carboxylic acids is 1. The third-order valence-electron chi connectivity index (χ3n) is 3.72. The lowest BCUT2D eigenvalue weighted by atomic mass is 10.0. The van der Waals surface area contributed by atoms with Crippen LogP contribution in [0.5, 0.6) is 0 Å². The molecule has 0 saturated carbocycles. The van der Waals surface area contributed by atoms with Gasteiger partial charge in [-0.05, 0) is 44.4 Å². The van der Waals surface area contributed by atoms with Gasteiger partial charge in [-0.25, -0.2) is 0 Å². The van der Waals surface area contributed by atoms with Gasteiger partial charge in [-0.3, -0.25) is 9.69 Å². The molecule has 0 amide bonds. The molecule has 0 bridgehead atoms. The van der Waals surface area contributed by atoms with E-state index in [9.17, 15) is 9.90 Å². The number of nitrogens with zero attached hydrogens (tertiary/aromatic N) is 1. The van der Waals surface area contributed by atoms with Gasteiger partial charge in [-0.2, -0.15) is 0 Å². The Morgan fingerprint density at radius 1 is 1.56 bits per heavy atom. The van der Waals surface area contributed by atoms with E-state index in [0.717, 1.165) is 37.1 Å². The Hall–Kier alpha value is -1.55. The van der Waals surface area contributed by atoms with E-state index in [1.54, 1.807) is 0 Å². The molecule has 98 valence electrons. The topological polar surface area (TPSA) is 66.6 Å². The zero-order valence-corrected chi connectivity index (χ0v) is 10.7. The van der Waals surface area contributed by atoms with Gasteiger partial charge in [-0.1, -0.05) is 18.2 Å². The summed E-state index contributed by atoms with van der Waals surface area (Å²) in [5.74, 6) is -0.708. The molecule has 0 aromatic heterocycles. The second kappa shape index (κ2) is 5.40. The van der Waals surface area contributed by atoms with Gasteiger partial charge in [-0.15, -0.1) is 0 Å². The molecular weight excluding hydrogens is 228 g/mol. The van der Waals surface area contributed by atoms with Crippen LogP contribution in [-0.4, -0.2) is 34.6 Å². The molecular formula is C14H20N2O2. The molecule has 1 aliphatic heterocycles. The molecule has 1 fully saturated rings. The fourth-order valence-electron chi connectivity index (χ4n) is 2.74. The van der Waals surface area contributed by atoms with E-state index in [-0.39, 0.29) is 12.1 Å². The van der Waals surface area contributed by atoms with E-state index in [1.165, 1.54) is 0 Å². The zero-order chi connectivity index (χ0) is 13.1. The van der Waals surface area contributed by atoms with E-state index < -0.39 is 5.97 Å². The van der Waals surface area contributed by atoms with Gasteiger partial charge in [0, 0.05) is 11.7 Å². The van der Waals surface area contributed by atoms with Crippen LogP contribution in [0.2, 0.25) is 0 Å². The molecule has 1 aromatic rings. The van der Waals surface area contributed by atoms with Gasteiger partial charge >= 0.3 is 5.97 Å². The number of rotatable bonds is 4.